The van der Waals surface area contributed by atoms with Gasteiger partial charge in [0.05, 0.1) is 5.56 Å². The lowest BCUT2D eigenvalue weighted by Gasteiger charge is -2.27. The number of pyridine rings is 1. The largest absolute Gasteiger partial charge is 0.352 e. The first-order valence-electron chi connectivity index (χ1n) is 10.1. The Morgan fingerprint density at radius 2 is 1.77 bits per heavy atom. The minimum Gasteiger partial charge on any atom is -0.352 e. The molecular formula is C22H23ClN4O3. The van der Waals surface area contributed by atoms with Crippen LogP contribution in [-0.4, -0.2) is 42.3 Å². The lowest BCUT2D eigenvalue weighted by molar-refractivity contribution is -0.119. The third-order valence-electron chi connectivity index (χ3n) is 5.54. The van der Waals surface area contributed by atoms with Crippen LogP contribution in [0.5, 0.6) is 0 Å². The average Bonchev–Trinajstić information content (AvgIpc) is 3.13. The number of hydrogen-bond acceptors (Lipinski definition) is 4. The second-order valence-electron chi connectivity index (χ2n) is 7.67. The Kier molecular flexibility index (Phi) is 5.99. The standard InChI is InChI=1S/C22H23ClN4O3/c23-19-9-4-16(13-24-19)22(30)25-12-15-11-21(29)27(14-15)18-7-5-17(6-8-18)26-10-2-1-3-20(26)28/h4-9,13,15H,1-3,10-12,14H2,(H,25,30). The van der Waals surface area contributed by atoms with E-state index in [9.17, 15) is 14.4 Å². The maximum atomic E-state index is 12.5. The minimum absolute atomic E-state index is 0.0317. The smallest absolute Gasteiger partial charge is 0.252 e. The van der Waals surface area contributed by atoms with Crippen molar-refractivity contribution in [3.05, 3.63) is 53.3 Å². The number of amides is 3. The molecule has 4 rings (SSSR count). The van der Waals surface area contributed by atoms with Crippen molar-refractivity contribution in [1.29, 1.82) is 0 Å². The van der Waals surface area contributed by atoms with Crippen LogP contribution < -0.4 is 15.1 Å². The van der Waals surface area contributed by atoms with Crippen molar-refractivity contribution in [2.24, 2.45) is 5.92 Å². The topological polar surface area (TPSA) is 82.6 Å². The second-order valence-corrected chi connectivity index (χ2v) is 8.06. The number of nitrogens with zero attached hydrogens (tertiary/aromatic N) is 3. The molecule has 7 nitrogen and oxygen atoms in total. The van der Waals surface area contributed by atoms with Crippen molar-refractivity contribution in [2.45, 2.75) is 25.7 Å². The van der Waals surface area contributed by atoms with Crippen LogP contribution in [0.4, 0.5) is 11.4 Å². The molecule has 1 aromatic carbocycles. The summed E-state index contributed by atoms with van der Waals surface area (Å²) in [5.41, 5.74) is 2.11. The summed E-state index contributed by atoms with van der Waals surface area (Å²) in [6, 6.07) is 10.7. The lowest BCUT2D eigenvalue weighted by Crippen LogP contribution is -2.35. The van der Waals surface area contributed by atoms with E-state index < -0.39 is 0 Å². The van der Waals surface area contributed by atoms with Gasteiger partial charge in [0.25, 0.3) is 5.91 Å². The highest BCUT2D eigenvalue weighted by Gasteiger charge is 2.31. The Hall–Kier alpha value is -2.93. The van der Waals surface area contributed by atoms with Gasteiger partial charge in [0, 0.05) is 56.0 Å². The average molecular weight is 427 g/mol. The Bertz CT molecular complexity index is 946. The van der Waals surface area contributed by atoms with E-state index in [-0.39, 0.29) is 23.6 Å². The van der Waals surface area contributed by atoms with Gasteiger partial charge >= 0.3 is 0 Å². The number of anilines is 2. The van der Waals surface area contributed by atoms with Crippen LogP contribution in [0.15, 0.2) is 42.6 Å². The molecule has 3 amide bonds. The maximum Gasteiger partial charge on any atom is 0.252 e. The second kappa shape index (κ2) is 8.83. The molecule has 2 fully saturated rings. The molecule has 30 heavy (non-hydrogen) atoms. The van der Waals surface area contributed by atoms with Gasteiger partial charge in [-0.05, 0) is 49.2 Å². The molecule has 0 spiro atoms. The van der Waals surface area contributed by atoms with Crippen molar-refractivity contribution in [3.63, 3.8) is 0 Å². The van der Waals surface area contributed by atoms with E-state index in [0.29, 0.717) is 36.6 Å². The van der Waals surface area contributed by atoms with Crippen LogP contribution in [0.2, 0.25) is 5.15 Å². The zero-order valence-electron chi connectivity index (χ0n) is 16.5. The summed E-state index contributed by atoms with van der Waals surface area (Å²) in [5, 5.41) is 3.20. The number of aromatic nitrogens is 1. The molecule has 2 aromatic rings. The molecule has 0 saturated carbocycles. The van der Waals surface area contributed by atoms with E-state index in [4.69, 9.17) is 11.6 Å². The van der Waals surface area contributed by atoms with Gasteiger partial charge in [-0.25, -0.2) is 4.98 Å². The Balaban J connectivity index is 1.34. The monoisotopic (exact) mass is 426 g/mol. The normalized spacial score (nSPS) is 19.3. The van der Waals surface area contributed by atoms with Gasteiger partial charge in [-0.15, -0.1) is 0 Å². The number of halogens is 1. The highest BCUT2D eigenvalue weighted by atomic mass is 35.5. The third-order valence-corrected chi connectivity index (χ3v) is 5.77. The van der Waals surface area contributed by atoms with Crippen LogP contribution in [0.3, 0.4) is 0 Å². The van der Waals surface area contributed by atoms with Gasteiger partial charge in [0.1, 0.15) is 5.15 Å². The van der Waals surface area contributed by atoms with Crippen molar-refractivity contribution in [1.82, 2.24) is 10.3 Å². The molecule has 1 atom stereocenters. The third kappa shape index (κ3) is 4.46. The molecular weight excluding hydrogens is 404 g/mol. The highest BCUT2D eigenvalue weighted by Crippen LogP contribution is 2.28. The van der Waals surface area contributed by atoms with Gasteiger partial charge < -0.3 is 15.1 Å². The van der Waals surface area contributed by atoms with Crippen LogP contribution in [-0.2, 0) is 9.59 Å². The van der Waals surface area contributed by atoms with Crippen LogP contribution >= 0.6 is 11.6 Å². The zero-order chi connectivity index (χ0) is 21.1. The lowest BCUT2D eigenvalue weighted by atomic mass is 10.1. The van der Waals surface area contributed by atoms with Crippen LogP contribution in [0.1, 0.15) is 36.0 Å². The highest BCUT2D eigenvalue weighted by molar-refractivity contribution is 6.29. The number of carbonyl (C=O) groups excluding carboxylic acids is 3. The van der Waals surface area contributed by atoms with E-state index in [1.165, 1.54) is 6.20 Å². The maximum absolute atomic E-state index is 12.5. The summed E-state index contributed by atoms with van der Waals surface area (Å²) in [4.78, 5) is 44.3. The number of rotatable bonds is 5. The van der Waals surface area contributed by atoms with Gasteiger partial charge in [0.15, 0.2) is 0 Å². The van der Waals surface area contributed by atoms with Crippen LogP contribution in [0, 0.1) is 5.92 Å². The summed E-state index contributed by atoms with van der Waals surface area (Å²) in [6.07, 6.45) is 4.36. The van der Waals surface area contributed by atoms with Gasteiger partial charge in [-0.2, -0.15) is 0 Å². The molecule has 8 heteroatoms. The number of carbonyl (C=O) groups is 3. The summed E-state index contributed by atoms with van der Waals surface area (Å²) < 4.78 is 0. The van der Waals surface area contributed by atoms with Gasteiger partial charge in [-0.3, -0.25) is 14.4 Å². The SMILES string of the molecule is O=C(NCC1CC(=O)N(c2ccc(N3CCCCC3=O)cc2)C1)c1ccc(Cl)nc1. The van der Waals surface area contributed by atoms with Crippen molar-refractivity contribution in [3.8, 4) is 0 Å². The Morgan fingerprint density at radius 3 is 2.43 bits per heavy atom. The summed E-state index contributed by atoms with van der Waals surface area (Å²) in [5.74, 6) is -0.0205. The fraction of sp³-hybridized carbons (Fsp3) is 0.364. The van der Waals surface area contributed by atoms with Crippen molar-refractivity contribution >= 4 is 40.7 Å². The van der Waals surface area contributed by atoms with E-state index in [0.717, 1.165) is 30.8 Å². The molecule has 3 heterocycles. The first-order chi connectivity index (χ1) is 14.5. The summed E-state index contributed by atoms with van der Waals surface area (Å²) in [6.45, 7) is 1.69. The molecule has 1 aromatic heterocycles. The first-order valence-corrected chi connectivity index (χ1v) is 10.5. The quantitative estimate of drug-likeness (QED) is 0.745. The van der Waals surface area contributed by atoms with E-state index in [1.54, 1.807) is 17.0 Å². The molecule has 0 aliphatic carbocycles. The zero-order valence-corrected chi connectivity index (χ0v) is 17.3. The van der Waals surface area contributed by atoms with E-state index in [2.05, 4.69) is 10.3 Å². The Labute approximate surface area is 180 Å². The molecule has 2 aliphatic heterocycles. The summed E-state index contributed by atoms with van der Waals surface area (Å²) >= 11 is 5.74. The number of nitrogens with one attached hydrogen (secondary N) is 1. The fourth-order valence-electron chi connectivity index (χ4n) is 3.91. The van der Waals surface area contributed by atoms with Crippen LogP contribution in [0.25, 0.3) is 0 Å². The predicted octanol–water partition coefficient (Wildman–Crippen LogP) is 3.03. The molecule has 0 bridgehead atoms. The summed E-state index contributed by atoms with van der Waals surface area (Å²) in [7, 11) is 0. The predicted molar refractivity (Wildman–Crippen MR) is 115 cm³/mol. The molecule has 156 valence electrons. The van der Waals surface area contributed by atoms with E-state index >= 15 is 0 Å². The Morgan fingerprint density at radius 1 is 1.03 bits per heavy atom. The number of benzene rings is 1. The van der Waals surface area contributed by atoms with Crippen molar-refractivity contribution < 1.29 is 14.4 Å². The molecule has 2 aliphatic rings. The fourth-order valence-corrected chi connectivity index (χ4v) is 4.02. The van der Waals surface area contributed by atoms with Gasteiger partial charge in [0.2, 0.25) is 11.8 Å². The van der Waals surface area contributed by atoms with E-state index in [1.807, 2.05) is 29.2 Å². The molecule has 0 radical (unpaired) electrons. The number of hydrogen-bond donors (Lipinski definition) is 1. The molecule has 1 N–H and O–H groups in total. The number of piperidine rings is 1. The first kappa shape index (κ1) is 20.3. The van der Waals surface area contributed by atoms with Crippen molar-refractivity contribution in [2.75, 3.05) is 29.4 Å². The molecule has 1 unspecified atom stereocenters. The molecule has 2 saturated heterocycles. The van der Waals surface area contributed by atoms with Gasteiger partial charge in [-0.1, -0.05) is 11.6 Å². The minimum atomic E-state index is -0.236.